The summed E-state index contributed by atoms with van der Waals surface area (Å²) in [5.41, 5.74) is 2.56. The summed E-state index contributed by atoms with van der Waals surface area (Å²) in [6.45, 7) is 7.20. The summed E-state index contributed by atoms with van der Waals surface area (Å²) in [7, 11) is 0. The topological polar surface area (TPSA) is 71.9 Å². The fraction of sp³-hybridized carbons (Fsp3) is 0.421. The molecule has 1 amide bonds. The van der Waals surface area contributed by atoms with Gasteiger partial charge in [0.25, 0.3) is 5.91 Å². The molecule has 4 rings (SSSR count). The number of carbonyl (C=O) groups is 1. The number of amides is 1. The Morgan fingerprint density at radius 1 is 1.23 bits per heavy atom. The highest BCUT2D eigenvalue weighted by molar-refractivity contribution is 7.13. The summed E-state index contributed by atoms with van der Waals surface area (Å²) in [5, 5.41) is 1.92. The van der Waals surface area contributed by atoms with Gasteiger partial charge in [-0.15, -0.1) is 11.3 Å². The van der Waals surface area contributed by atoms with Crippen LogP contribution in [0.15, 0.2) is 18.3 Å². The normalized spacial score (nSPS) is 17.7. The van der Waals surface area contributed by atoms with E-state index in [4.69, 9.17) is 4.98 Å². The summed E-state index contributed by atoms with van der Waals surface area (Å²) < 4.78 is 0. The van der Waals surface area contributed by atoms with Gasteiger partial charge < -0.3 is 4.90 Å². The summed E-state index contributed by atoms with van der Waals surface area (Å²) in [5.74, 6) is 1.02. The first-order valence-electron chi connectivity index (χ1n) is 8.85. The molecule has 4 heterocycles. The van der Waals surface area contributed by atoms with E-state index in [0.717, 1.165) is 57.5 Å². The van der Waals surface area contributed by atoms with Crippen LogP contribution in [-0.2, 0) is 0 Å². The van der Waals surface area contributed by atoms with Crippen LogP contribution in [0.1, 0.15) is 50.7 Å². The minimum absolute atomic E-state index is 0.0889. The van der Waals surface area contributed by atoms with Gasteiger partial charge in [-0.3, -0.25) is 4.79 Å². The number of hydrogen-bond acceptors (Lipinski definition) is 6. The van der Waals surface area contributed by atoms with Gasteiger partial charge in [0.15, 0.2) is 5.65 Å². The second-order valence-corrected chi connectivity index (χ2v) is 7.97. The lowest BCUT2D eigenvalue weighted by molar-refractivity contribution is 0.0710. The number of aryl methyl sites for hydroxylation is 3. The van der Waals surface area contributed by atoms with Crippen molar-refractivity contribution < 1.29 is 4.79 Å². The van der Waals surface area contributed by atoms with Crippen LogP contribution in [0.25, 0.3) is 11.0 Å². The van der Waals surface area contributed by atoms with E-state index >= 15 is 0 Å². The van der Waals surface area contributed by atoms with Crippen LogP contribution < -0.4 is 0 Å². The third-order valence-corrected chi connectivity index (χ3v) is 5.87. The van der Waals surface area contributed by atoms with Crippen molar-refractivity contribution in [1.29, 1.82) is 0 Å². The van der Waals surface area contributed by atoms with Crippen molar-refractivity contribution in [2.75, 3.05) is 13.1 Å². The van der Waals surface area contributed by atoms with Gasteiger partial charge in [-0.05, 0) is 45.7 Å². The fourth-order valence-electron chi connectivity index (χ4n) is 3.67. The van der Waals surface area contributed by atoms with E-state index in [1.165, 1.54) is 11.3 Å². The Balaban J connectivity index is 1.65. The van der Waals surface area contributed by atoms with E-state index < -0.39 is 0 Å². The number of aromatic nitrogens is 4. The summed E-state index contributed by atoms with van der Waals surface area (Å²) >= 11 is 1.48. The van der Waals surface area contributed by atoms with Crippen molar-refractivity contribution in [3.8, 4) is 0 Å². The molecular formula is C19H21N5OS. The standard InChI is InChI=1S/C19H21N5OS/c1-11-17(26-13(3)21-11)19(25)24-9-5-6-14(10-24)16-15-7-4-8-20-18(15)23-12(2)22-16/h4,7-8,14H,5-6,9-10H2,1-3H3. The highest BCUT2D eigenvalue weighted by Crippen LogP contribution is 2.31. The predicted molar refractivity (Wildman–Crippen MR) is 102 cm³/mol. The Labute approximate surface area is 156 Å². The molecule has 26 heavy (non-hydrogen) atoms. The number of likely N-dealkylation sites (tertiary alicyclic amines) is 1. The molecule has 7 heteroatoms. The van der Waals surface area contributed by atoms with E-state index in [-0.39, 0.29) is 11.8 Å². The highest BCUT2D eigenvalue weighted by atomic mass is 32.1. The molecule has 3 aromatic rings. The van der Waals surface area contributed by atoms with E-state index in [2.05, 4.69) is 15.0 Å². The molecule has 0 aliphatic carbocycles. The number of carbonyl (C=O) groups excluding carboxylic acids is 1. The zero-order valence-electron chi connectivity index (χ0n) is 15.2. The van der Waals surface area contributed by atoms with Gasteiger partial charge >= 0.3 is 0 Å². The lowest BCUT2D eigenvalue weighted by atomic mass is 9.92. The Kier molecular flexibility index (Phi) is 4.40. The number of piperidine rings is 1. The zero-order valence-corrected chi connectivity index (χ0v) is 16.0. The number of pyridine rings is 1. The minimum Gasteiger partial charge on any atom is -0.337 e. The Hall–Kier alpha value is -2.41. The summed E-state index contributed by atoms with van der Waals surface area (Å²) in [6, 6.07) is 3.94. The molecule has 1 unspecified atom stereocenters. The van der Waals surface area contributed by atoms with Crippen molar-refractivity contribution >= 4 is 28.3 Å². The summed E-state index contributed by atoms with van der Waals surface area (Å²) in [4.78, 5) is 33.6. The van der Waals surface area contributed by atoms with Crippen molar-refractivity contribution in [1.82, 2.24) is 24.8 Å². The van der Waals surface area contributed by atoms with E-state index in [9.17, 15) is 4.79 Å². The molecule has 0 bridgehead atoms. The Morgan fingerprint density at radius 3 is 2.85 bits per heavy atom. The number of thiazole rings is 1. The van der Waals surface area contributed by atoms with Gasteiger partial charge in [0, 0.05) is 30.6 Å². The molecule has 1 saturated heterocycles. The minimum atomic E-state index is 0.0889. The molecule has 1 aliphatic heterocycles. The lowest BCUT2D eigenvalue weighted by Crippen LogP contribution is -2.39. The molecule has 0 saturated carbocycles. The van der Waals surface area contributed by atoms with Crippen molar-refractivity contribution in [2.24, 2.45) is 0 Å². The number of hydrogen-bond donors (Lipinski definition) is 0. The van der Waals surface area contributed by atoms with Crippen LogP contribution in [-0.4, -0.2) is 43.8 Å². The molecule has 1 atom stereocenters. The summed E-state index contributed by atoms with van der Waals surface area (Å²) in [6.07, 6.45) is 3.74. The largest absolute Gasteiger partial charge is 0.337 e. The Morgan fingerprint density at radius 2 is 2.08 bits per heavy atom. The maximum atomic E-state index is 13.0. The van der Waals surface area contributed by atoms with Gasteiger partial charge in [0.2, 0.25) is 0 Å². The first kappa shape index (κ1) is 17.0. The van der Waals surface area contributed by atoms with Crippen LogP contribution in [0.4, 0.5) is 0 Å². The van der Waals surface area contributed by atoms with Gasteiger partial charge in [0.1, 0.15) is 10.7 Å². The van der Waals surface area contributed by atoms with E-state index in [1.54, 1.807) is 6.20 Å². The van der Waals surface area contributed by atoms with Crippen molar-refractivity contribution in [3.05, 3.63) is 45.4 Å². The molecule has 0 spiro atoms. The first-order valence-corrected chi connectivity index (χ1v) is 9.67. The second-order valence-electron chi connectivity index (χ2n) is 6.77. The van der Waals surface area contributed by atoms with Gasteiger partial charge in [-0.2, -0.15) is 0 Å². The Bertz CT molecular complexity index is 983. The molecule has 1 aliphatic rings. The van der Waals surface area contributed by atoms with Crippen LogP contribution in [0.5, 0.6) is 0 Å². The quantitative estimate of drug-likeness (QED) is 0.694. The van der Waals surface area contributed by atoms with Gasteiger partial charge in [0.05, 0.1) is 16.4 Å². The third-order valence-electron chi connectivity index (χ3n) is 4.81. The van der Waals surface area contributed by atoms with Crippen LogP contribution in [0, 0.1) is 20.8 Å². The third kappa shape index (κ3) is 3.07. The van der Waals surface area contributed by atoms with E-state index in [1.807, 2.05) is 37.8 Å². The highest BCUT2D eigenvalue weighted by Gasteiger charge is 2.29. The first-order chi connectivity index (χ1) is 12.5. The smallest absolute Gasteiger partial charge is 0.265 e. The average molecular weight is 367 g/mol. The van der Waals surface area contributed by atoms with Gasteiger partial charge in [-0.1, -0.05) is 0 Å². The molecule has 1 fully saturated rings. The van der Waals surface area contributed by atoms with Crippen LogP contribution in [0.3, 0.4) is 0 Å². The maximum Gasteiger partial charge on any atom is 0.265 e. The average Bonchev–Trinajstić information content (AvgIpc) is 2.98. The lowest BCUT2D eigenvalue weighted by Gasteiger charge is -2.32. The molecule has 134 valence electrons. The number of nitrogens with zero attached hydrogens (tertiary/aromatic N) is 5. The van der Waals surface area contributed by atoms with E-state index in [0.29, 0.717) is 6.54 Å². The second kappa shape index (κ2) is 6.72. The maximum absolute atomic E-state index is 13.0. The molecular weight excluding hydrogens is 346 g/mol. The van der Waals surface area contributed by atoms with Gasteiger partial charge in [-0.25, -0.2) is 19.9 Å². The van der Waals surface area contributed by atoms with Crippen molar-refractivity contribution in [3.63, 3.8) is 0 Å². The number of rotatable bonds is 2. The SMILES string of the molecule is Cc1nc(C2CCCN(C(=O)c3sc(C)nc3C)C2)c2cccnc2n1. The predicted octanol–water partition coefficient (Wildman–Crippen LogP) is 3.43. The van der Waals surface area contributed by atoms with Crippen molar-refractivity contribution in [2.45, 2.75) is 39.5 Å². The fourth-order valence-corrected chi connectivity index (χ4v) is 4.56. The molecule has 0 aromatic carbocycles. The van der Waals surface area contributed by atoms with Crippen LogP contribution in [0.2, 0.25) is 0 Å². The molecule has 0 N–H and O–H groups in total. The monoisotopic (exact) mass is 367 g/mol. The number of fused-ring (bicyclic) bond motifs is 1. The zero-order chi connectivity index (χ0) is 18.3. The molecule has 0 radical (unpaired) electrons. The van der Waals surface area contributed by atoms with Crippen LogP contribution >= 0.6 is 11.3 Å². The molecule has 3 aromatic heterocycles. The molecule has 6 nitrogen and oxygen atoms in total.